The molecule has 0 radical (unpaired) electrons. The van der Waals surface area contributed by atoms with Crippen LogP contribution in [0.2, 0.25) is 5.02 Å². The number of benzene rings is 1. The number of anilines is 2. The van der Waals surface area contributed by atoms with Crippen molar-refractivity contribution in [1.82, 2.24) is 4.98 Å². The van der Waals surface area contributed by atoms with E-state index in [-0.39, 0.29) is 17.3 Å². The van der Waals surface area contributed by atoms with E-state index in [4.69, 9.17) is 17.3 Å². The van der Waals surface area contributed by atoms with E-state index in [1.807, 2.05) is 31.2 Å². The molecule has 1 atom stereocenters. The third kappa shape index (κ3) is 3.44. The molecular formula is C15H16ClN3O2. The first-order chi connectivity index (χ1) is 10.0. The van der Waals surface area contributed by atoms with Crippen molar-refractivity contribution in [3.05, 3.63) is 52.7 Å². The Hall–Kier alpha value is -2.27. The molecule has 2 aromatic rings. The van der Waals surface area contributed by atoms with Crippen LogP contribution in [-0.2, 0) is 4.74 Å². The molecule has 5 nitrogen and oxygen atoms in total. The lowest BCUT2D eigenvalue weighted by Gasteiger charge is -2.17. The second-order valence-corrected chi connectivity index (χ2v) is 4.94. The SMILES string of the molecule is COC(=O)c1cc(NC(C)c2ccccc2Cl)ncc1N. The number of halogens is 1. The third-order valence-corrected chi connectivity index (χ3v) is 3.42. The summed E-state index contributed by atoms with van der Waals surface area (Å²) in [6.45, 7) is 1.96. The Balaban J connectivity index is 2.24. The highest BCUT2D eigenvalue weighted by molar-refractivity contribution is 6.31. The second kappa shape index (κ2) is 6.45. The largest absolute Gasteiger partial charge is 0.465 e. The van der Waals surface area contributed by atoms with Crippen LogP contribution in [-0.4, -0.2) is 18.1 Å². The van der Waals surface area contributed by atoms with E-state index < -0.39 is 5.97 Å². The van der Waals surface area contributed by atoms with Crippen LogP contribution in [0, 0.1) is 0 Å². The molecule has 110 valence electrons. The Morgan fingerprint density at radius 2 is 2.14 bits per heavy atom. The first kappa shape index (κ1) is 15.1. The van der Waals surface area contributed by atoms with Crippen molar-refractivity contribution in [2.75, 3.05) is 18.2 Å². The van der Waals surface area contributed by atoms with Gasteiger partial charge >= 0.3 is 5.97 Å². The van der Waals surface area contributed by atoms with E-state index in [1.165, 1.54) is 13.3 Å². The van der Waals surface area contributed by atoms with Crippen LogP contribution in [0.25, 0.3) is 0 Å². The molecule has 1 unspecified atom stereocenters. The van der Waals surface area contributed by atoms with E-state index in [0.717, 1.165) is 5.56 Å². The number of hydrogen-bond donors (Lipinski definition) is 2. The monoisotopic (exact) mass is 305 g/mol. The van der Waals surface area contributed by atoms with E-state index in [0.29, 0.717) is 10.8 Å². The van der Waals surface area contributed by atoms with Crippen LogP contribution < -0.4 is 11.1 Å². The predicted molar refractivity (Wildman–Crippen MR) is 83.5 cm³/mol. The summed E-state index contributed by atoms with van der Waals surface area (Å²) in [7, 11) is 1.31. The summed E-state index contributed by atoms with van der Waals surface area (Å²) in [5, 5.41) is 3.85. The topological polar surface area (TPSA) is 77.2 Å². The maximum absolute atomic E-state index is 11.6. The first-order valence-corrected chi connectivity index (χ1v) is 6.75. The molecule has 0 bridgehead atoms. The van der Waals surface area contributed by atoms with Gasteiger partial charge in [-0.1, -0.05) is 29.8 Å². The number of hydrogen-bond acceptors (Lipinski definition) is 5. The van der Waals surface area contributed by atoms with Crippen LogP contribution in [0.4, 0.5) is 11.5 Å². The Morgan fingerprint density at radius 3 is 2.81 bits per heavy atom. The van der Waals surface area contributed by atoms with Crippen LogP contribution in [0.5, 0.6) is 0 Å². The van der Waals surface area contributed by atoms with Gasteiger partial charge in [-0.2, -0.15) is 0 Å². The van der Waals surface area contributed by atoms with Crippen molar-refractivity contribution in [2.45, 2.75) is 13.0 Å². The Labute approximate surface area is 128 Å². The minimum absolute atomic E-state index is 0.0691. The lowest BCUT2D eigenvalue weighted by Crippen LogP contribution is -2.11. The summed E-state index contributed by atoms with van der Waals surface area (Å²) in [5.74, 6) is 0.0281. The predicted octanol–water partition coefficient (Wildman–Crippen LogP) is 3.28. The van der Waals surface area contributed by atoms with Gasteiger partial charge in [0.1, 0.15) is 5.82 Å². The fourth-order valence-electron chi connectivity index (χ4n) is 1.96. The molecule has 0 saturated heterocycles. The summed E-state index contributed by atoms with van der Waals surface area (Å²) in [6.07, 6.45) is 1.42. The minimum atomic E-state index is -0.497. The molecule has 1 aromatic heterocycles. The van der Waals surface area contributed by atoms with Crippen molar-refractivity contribution in [1.29, 1.82) is 0 Å². The normalized spacial score (nSPS) is 11.8. The standard InChI is InChI=1S/C15H16ClN3O2/c1-9(10-5-3-4-6-12(10)16)19-14-7-11(15(20)21-2)13(17)8-18-14/h3-9H,17H2,1-2H3,(H,18,19). The fraction of sp³-hybridized carbons (Fsp3) is 0.200. The Kier molecular flexibility index (Phi) is 4.65. The third-order valence-electron chi connectivity index (χ3n) is 3.08. The highest BCUT2D eigenvalue weighted by Crippen LogP contribution is 2.26. The van der Waals surface area contributed by atoms with E-state index in [9.17, 15) is 4.79 Å². The molecule has 0 aliphatic carbocycles. The van der Waals surface area contributed by atoms with Gasteiger partial charge in [-0.15, -0.1) is 0 Å². The van der Waals surface area contributed by atoms with Crippen molar-refractivity contribution in [2.24, 2.45) is 0 Å². The number of nitrogens with zero attached hydrogens (tertiary/aromatic N) is 1. The van der Waals surface area contributed by atoms with Crippen LogP contribution in [0.3, 0.4) is 0 Å². The number of nitrogens with one attached hydrogen (secondary N) is 1. The molecule has 0 fully saturated rings. The molecule has 1 aromatic carbocycles. The average molecular weight is 306 g/mol. The number of pyridine rings is 1. The molecule has 0 aliphatic heterocycles. The van der Waals surface area contributed by atoms with Gasteiger partial charge in [0.2, 0.25) is 0 Å². The smallest absolute Gasteiger partial charge is 0.340 e. The zero-order chi connectivity index (χ0) is 15.4. The van der Waals surface area contributed by atoms with Crippen molar-refractivity contribution in [3.63, 3.8) is 0 Å². The quantitative estimate of drug-likeness (QED) is 0.848. The first-order valence-electron chi connectivity index (χ1n) is 6.37. The molecule has 21 heavy (non-hydrogen) atoms. The van der Waals surface area contributed by atoms with Crippen LogP contribution in [0.15, 0.2) is 36.5 Å². The summed E-state index contributed by atoms with van der Waals surface area (Å²) in [6, 6.07) is 9.03. The zero-order valence-electron chi connectivity index (χ0n) is 11.8. The lowest BCUT2D eigenvalue weighted by molar-refractivity contribution is 0.0602. The van der Waals surface area contributed by atoms with Crippen LogP contribution >= 0.6 is 11.6 Å². The number of rotatable bonds is 4. The molecule has 3 N–H and O–H groups in total. The van der Waals surface area contributed by atoms with Gasteiger partial charge in [0.15, 0.2) is 0 Å². The second-order valence-electron chi connectivity index (χ2n) is 4.54. The van der Waals surface area contributed by atoms with Crippen molar-refractivity contribution in [3.8, 4) is 0 Å². The summed E-state index contributed by atoms with van der Waals surface area (Å²) >= 11 is 6.16. The van der Waals surface area contributed by atoms with Gasteiger partial charge in [0.25, 0.3) is 0 Å². The average Bonchev–Trinajstić information content (AvgIpc) is 2.48. The van der Waals surface area contributed by atoms with Crippen molar-refractivity contribution < 1.29 is 9.53 Å². The molecule has 0 aliphatic rings. The summed E-state index contributed by atoms with van der Waals surface area (Å²) < 4.78 is 4.69. The summed E-state index contributed by atoms with van der Waals surface area (Å²) in [4.78, 5) is 15.8. The number of carbonyl (C=O) groups is 1. The van der Waals surface area contributed by atoms with E-state index in [1.54, 1.807) is 6.07 Å². The highest BCUT2D eigenvalue weighted by Gasteiger charge is 2.14. The van der Waals surface area contributed by atoms with Gasteiger partial charge < -0.3 is 15.8 Å². The maximum Gasteiger partial charge on any atom is 0.340 e. The fourth-order valence-corrected chi connectivity index (χ4v) is 2.26. The number of methoxy groups -OCH3 is 1. The number of nitrogens with two attached hydrogens (primary N) is 1. The molecule has 0 spiro atoms. The number of aromatic nitrogens is 1. The minimum Gasteiger partial charge on any atom is -0.465 e. The highest BCUT2D eigenvalue weighted by atomic mass is 35.5. The molecule has 2 rings (SSSR count). The van der Waals surface area contributed by atoms with E-state index in [2.05, 4.69) is 15.0 Å². The van der Waals surface area contributed by atoms with E-state index >= 15 is 0 Å². The zero-order valence-corrected chi connectivity index (χ0v) is 12.5. The van der Waals surface area contributed by atoms with Crippen molar-refractivity contribution >= 4 is 29.1 Å². The van der Waals surface area contributed by atoms with Crippen LogP contribution in [0.1, 0.15) is 28.9 Å². The lowest BCUT2D eigenvalue weighted by atomic mass is 10.1. The van der Waals surface area contributed by atoms with Gasteiger partial charge in [-0.25, -0.2) is 9.78 Å². The van der Waals surface area contributed by atoms with Gasteiger partial charge in [-0.05, 0) is 24.6 Å². The van der Waals surface area contributed by atoms with Gasteiger partial charge in [-0.3, -0.25) is 0 Å². The molecule has 6 heteroatoms. The Bertz CT molecular complexity index is 661. The number of ether oxygens (including phenoxy) is 1. The number of esters is 1. The molecule has 0 amide bonds. The molecule has 0 saturated carbocycles. The number of carbonyl (C=O) groups excluding carboxylic acids is 1. The summed E-state index contributed by atoms with van der Waals surface area (Å²) in [5.41, 5.74) is 7.22. The van der Waals surface area contributed by atoms with Gasteiger partial charge in [0, 0.05) is 5.02 Å². The van der Waals surface area contributed by atoms with Gasteiger partial charge in [0.05, 0.1) is 30.6 Å². The Morgan fingerprint density at radius 1 is 1.43 bits per heavy atom. The molecular weight excluding hydrogens is 290 g/mol. The molecule has 1 heterocycles. The number of nitrogen functional groups attached to an aromatic ring is 1. The maximum atomic E-state index is 11.6.